The molecule has 4 aromatic carbocycles. The van der Waals surface area contributed by atoms with Crippen LogP contribution in [0.3, 0.4) is 0 Å². The van der Waals surface area contributed by atoms with Crippen LogP contribution in [0.2, 0.25) is 15.6 Å². The van der Waals surface area contributed by atoms with Crippen LogP contribution >= 0.6 is 34.8 Å². The van der Waals surface area contributed by atoms with E-state index >= 15 is 0 Å². The molecule has 1 unspecified atom stereocenters. The van der Waals surface area contributed by atoms with E-state index in [2.05, 4.69) is 51.1 Å². The van der Waals surface area contributed by atoms with Gasteiger partial charge in [-0.3, -0.25) is 4.55 Å². The number of benzene rings is 4. The molecule has 61 heavy (non-hydrogen) atoms. The van der Waals surface area contributed by atoms with Crippen LogP contribution < -0.4 is 110 Å². The number of rotatable bonds is 12. The summed E-state index contributed by atoms with van der Waals surface area (Å²) in [6.45, 7) is 1.71. The maximum absolute atomic E-state index is 14.1. The summed E-state index contributed by atoms with van der Waals surface area (Å²) in [6.07, 6.45) is 0. The molecule has 0 bridgehead atoms. The molecule has 6 rings (SSSR count). The molecular weight excluding hydrogens is 958 g/mol. The third kappa shape index (κ3) is 12.3. The molecule has 6 aromatic rings. The molecule has 0 saturated heterocycles. The minimum atomic E-state index is -5.61. The van der Waals surface area contributed by atoms with Crippen LogP contribution in [-0.4, -0.2) is 76.4 Å². The van der Waals surface area contributed by atoms with Crippen molar-refractivity contribution < 1.29 is 133 Å². The van der Waals surface area contributed by atoms with Crippen LogP contribution in [-0.2, 0) is 30.4 Å². The van der Waals surface area contributed by atoms with E-state index in [1.165, 1.54) is 24.3 Å². The summed E-state index contributed by atoms with van der Waals surface area (Å²) >= 11 is 18.1. The van der Waals surface area contributed by atoms with Gasteiger partial charge in [-0.15, -0.1) is 10.2 Å². The Kier molecular flexibility index (Phi) is 18.1. The zero-order chi connectivity index (χ0) is 42.3. The van der Waals surface area contributed by atoms with E-state index in [1.54, 1.807) is 19.1 Å². The monoisotopic (exact) mass is 975 g/mol. The average Bonchev–Trinajstić information content (AvgIpc) is 3.11. The van der Waals surface area contributed by atoms with Crippen molar-refractivity contribution in [2.24, 2.45) is 10.2 Å². The summed E-state index contributed by atoms with van der Waals surface area (Å²) in [6, 6.07) is 11.6. The van der Waals surface area contributed by atoms with Gasteiger partial charge in [0, 0.05) is 23.7 Å². The van der Waals surface area contributed by atoms with E-state index in [9.17, 15) is 44.0 Å². The molecule has 0 radical (unpaired) electrons. The van der Waals surface area contributed by atoms with E-state index in [0.29, 0.717) is 23.6 Å². The molecule has 0 amide bonds. The minimum absolute atomic E-state index is 0. The zero-order valence-corrected chi connectivity index (χ0v) is 42.3. The van der Waals surface area contributed by atoms with E-state index in [0.717, 1.165) is 6.07 Å². The van der Waals surface area contributed by atoms with Gasteiger partial charge in [0.1, 0.15) is 42.5 Å². The second-order valence-corrected chi connectivity index (χ2v) is 16.9. The number of aromatic nitrogens is 5. The average molecular weight is 977 g/mol. The Labute approximate surface area is 427 Å². The summed E-state index contributed by atoms with van der Waals surface area (Å²) < 4.78 is 109. The van der Waals surface area contributed by atoms with Crippen molar-refractivity contribution in [1.82, 2.24) is 24.9 Å². The van der Waals surface area contributed by atoms with E-state index < -0.39 is 95.9 Å². The second kappa shape index (κ2) is 20.9. The molecule has 0 spiro atoms. The van der Waals surface area contributed by atoms with Crippen molar-refractivity contribution >= 4 is 122 Å². The van der Waals surface area contributed by atoms with Crippen LogP contribution in [0.15, 0.2) is 79.5 Å². The van der Waals surface area contributed by atoms with Gasteiger partial charge in [-0.05, 0) is 58.9 Å². The van der Waals surface area contributed by atoms with Crippen molar-refractivity contribution in [3.63, 3.8) is 0 Å². The van der Waals surface area contributed by atoms with Crippen molar-refractivity contribution in [2.75, 3.05) is 22.5 Å². The number of hydrogen-bond donors (Lipinski definition) is 4. The number of nitrogens with zero attached hydrogens (tertiary/aromatic N) is 8. The number of azo groups is 1. The molecule has 0 saturated carbocycles. The third-order valence-corrected chi connectivity index (χ3v) is 11.1. The topological polar surface area (TPSA) is 341 Å². The van der Waals surface area contributed by atoms with Gasteiger partial charge >= 0.3 is 88.7 Å². The molecule has 30 heteroatoms. The van der Waals surface area contributed by atoms with Crippen LogP contribution in [0.5, 0.6) is 5.75 Å². The van der Waals surface area contributed by atoms with Gasteiger partial charge in [0.15, 0.2) is 10.3 Å². The number of hydrogen-bond acceptors (Lipinski definition) is 20. The Hall–Kier alpha value is -2.62. The summed E-state index contributed by atoms with van der Waals surface area (Å²) in [5.41, 5.74) is -2.35. The van der Waals surface area contributed by atoms with E-state index in [-0.39, 0.29) is 128 Å². The first kappa shape index (κ1) is 52.7. The van der Waals surface area contributed by atoms with E-state index in [1.807, 2.05) is 0 Å². The maximum Gasteiger partial charge on any atom is 1.00 e. The first-order valence-electron chi connectivity index (χ1n) is 15.6. The van der Waals surface area contributed by atoms with Crippen molar-refractivity contribution in [3.05, 3.63) is 75.8 Å². The maximum atomic E-state index is 14.1. The number of nitriles is 1. The van der Waals surface area contributed by atoms with Crippen LogP contribution in [0.4, 0.5) is 34.9 Å². The quantitative estimate of drug-likeness (QED) is 0.0393. The SMILES string of the molecule is CC(CNc1nc(Cl)nc(Nc2cc(S(=O)(=O)[O-])cc3cc(S(=O)(=O)[O-])c(N=Nc4ccc5ccccc5c4S(=O)(=O)O)c([O-])c23)n1)Nc1nc(Cl)c(C#N)c(Cl)n1.[Na+].[Na+].[Na+]. The zero-order valence-electron chi connectivity index (χ0n) is 31.5. The Morgan fingerprint density at radius 2 is 1.46 bits per heavy atom. The van der Waals surface area contributed by atoms with Gasteiger partial charge < -0.3 is 30.2 Å². The van der Waals surface area contributed by atoms with Gasteiger partial charge in [0.2, 0.25) is 23.1 Å². The molecule has 0 fully saturated rings. The van der Waals surface area contributed by atoms with Crippen LogP contribution in [0.1, 0.15) is 12.5 Å². The van der Waals surface area contributed by atoms with Crippen LogP contribution in [0.25, 0.3) is 21.5 Å². The fraction of sp³-hybridized carbons (Fsp3) is 0.0968. The summed E-state index contributed by atoms with van der Waals surface area (Å²) in [5, 5.41) is 37.3. The van der Waals surface area contributed by atoms with E-state index in [4.69, 9.17) is 40.1 Å². The van der Waals surface area contributed by atoms with Gasteiger partial charge in [0.25, 0.3) is 10.1 Å². The van der Waals surface area contributed by atoms with Gasteiger partial charge in [-0.1, -0.05) is 59.3 Å². The Morgan fingerprint density at radius 1 is 0.820 bits per heavy atom. The van der Waals surface area contributed by atoms with Gasteiger partial charge in [0.05, 0.1) is 15.5 Å². The Bertz CT molecular complexity index is 3090. The Balaban J connectivity index is 0.00000331. The molecule has 300 valence electrons. The summed E-state index contributed by atoms with van der Waals surface area (Å²) in [4.78, 5) is 16.8. The Morgan fingerprint density at radius 3 is 2.07 bits per heavy atom. The molecular formula is C31H19Cl3N11Na3O10S3. The minimum Gasteiger partial charge on any atom is -0.870 e. The molecule has 0 aliphatic heterocycles. The fourth-order valence-electron chi connectivity index (χ4n) is 5.34. The number of halogens is 3. The van der Waals surface area contributed by atoms with Crippen molar-refractivity contribution in [1.29, 1.82) is 5.26 Å². The van der Waals surface area contributed by atoms with Crippen molar-refractivity contribution in [3.8, 4) is 11.8 Å². The molecule has 0 aliphatic carbocycles. The number of fused-ring (bicyclic) bond motifs is 2. The number of anilines is 4. The molecule has 4 N–H and O–H groups in total. The molecule has 2 heterocycles. The van der Waals surface area contributed by atoms with Gasteiger partial charge in [-0.2, -0.15) is 38.6 Å². The smallest absolute Gasteiger partial charge is 0.870 e. The van der Waals surface area contributed by atoms with Gasteiger partial charge in [-0.25, -0.2) is 16.8 Å². The number of nitrogens with one attached hydrogen (secondary N) is 3. The molecule has 0 aliphatic rings. The first-order chi connectivity index (χ1) is 27.1. The van der Waals surface area contributed by atoms with Crippen molar-refractivity contribution in [2.45, 2.75) is 27.7 Å². The third-order valence-electron chi connectivity index (χ3n) is 7.77. The molecule has 1 atom stereocenters. The standard InChI is InChI=1S/C31H22Cl3N11O10S3.3Na/c1-13(37-30-39-26(32)18(11-35)27(33)40-30)12-36-29-41-28(34)42-31(43-29)38-20-10-16(56(47,48)49)8-15-9-21(57(50,51)52)23(24(46)22(15)20)45-44-19-7-6-14-4-2-3-5-17(14)25(19)58(53,54)55;;;/h2-10,13,46H,12H2,1H3,(H,37,39,40)(H,47,48,49)(H,50,51,52)(H,53,54,55)(H2,36,38,41,42,43);;;/q;3*+1/p-3. The summed E-state index contributed by atoms with van der Waals surface area (Å²) in [5.74, 6) is -2.02. The predicted molar refractivity (Wildman–Crippen MR) is 204 cm³/mol. The molecule has 2 aromatic heterocycles. The second-order valence-electron chi connectivity index (χ2n) is 11.8. The predicted octanol–water partition coefficient (Wildman–Crippen LogP) is -3.99. The fourth-order valence-corrected chi connectivity index (χ4v) is 7.99. The molecule has 21 nitrogen and oxygen atoms in total. The first-order valence-corrected chi connectivity index (χ1v) is 21.0. The normalized spacial score (nSPS) is 12.2. The van der Waals surface area contributed by atoms with Crippen LogP contribution in [0, 0.1) is 11.3 Å². The summed E-state index contributed by atoms with van der Waals surface area (Å²) in [7, 11) is -15.9. The largest absolute Gasteiger partial charge is 1.00 e.